The monoisotopic (exact) mass is 576 g/mol. The number of pyridine rings is 1. The van der Waals surface area contributed by atoms with E-state index in [0.717, 1.165) is 4.68 Å². The summed E-state index contributed by atoms with van der Waals surface area (Å²) < 4.78 is 51.7. The van der Waals surface area contributed by atoms with Gasteiger partial charge in [0.2, 0.25) is 5.91 Å². The highest BCUT2D eigenvalue weighted by atomic mass is 19.4. The third-order valence-corrected chi connectivity index (χ3v) is 5.48. The van der Waals surface area contributed by atoms with Crippen LogP contribution in [0.3, 0.4) is 0 Å². The first kappa shape index (κ1) is 30.9. The second-order valence-electron chi connectivity index (χ2n) is 9.93. The molecule has 1 atom stereocenters. The Balaban J connectivity index is 1.77. The molecule has 0 fully saturated rings. The number of hydrogen-bond donors (Lipinski definition) is 3. The second kappa shape index (κ2) is 12.7. The lowest BCUT2D eigenvalue weighted by atomic mass is 10.2. The highest BCUT2D eigenvalue weighted by Crippen LogP contribution is 2.29. The van der Waals surface area contributed by atoms with Crippen molar-refractivity contribution in [2.45, 2.75) is 58.6 Å². The molecule has 3 rings (SSSR count). The number of carbonyl (C=O) groups is 3. The Morgan fingerprint density at radius 1 is 1.02 bits per heavy atom. The SMILES string of the molecule is COc1ccccc1CNC(=O)c1cc(C(F)(F)F)nn1-c1cc(CNC(=O)[C@H](C)NC(=O)OC(C)(C)C)ccn1. The highest BCUT2D eigenvalue weighted by molar-refractivity contribution is 5.93. The molecule has 14 heteroatoms. The standard InChI is InChI=1S/C27H31F3N6O5/c1-16(34-25(39)41-26(2,3)4)23(37)32-14-17-10-11-31-22(12-17)36-19(13-21(35-36)27(28,29)30)24(38)33-15-18-8-6-7-9-20(18)40-5/h6-13,16H,14-15H2,1-5H3,(H,32,37)(H,33,38)(H,34,39)/t16-/m0/s1. The molecule has 1 aromatic carbocycles. The Morgan fingerprint density at radius 3 is 2.39 bits per heavy atom. The van der Waals surface area contributed by atoms with E-state index < -0.39 is 47.1 Å². The smallest absolute Gasteiger partial charge is 0.435 e. The Morgan fingerprint density at radius 2 is 1.73 bits per heavy atom. The van der Waals surface area contributed by atoms with Gasteiger partial charge in [0.1, 0.15) is 23.1 Å². The maximum atomic E-state index is 13.5. The van der Waals surface area contributed by atoms with Crippen LogP contribution in [0.25, 0.3) is 5.82 Å². The van der Waals surface area contributed by atoms with E-state index in [4.69, 9.17) is 9.47 Å². The number of alkyl carbamates (subject to hydrolysis) is 1. The van der Waals surface area contributed by atoms with Gasteiger partial charge in [0, 0.05) is 30.9 Å². The minimum Gasteiger partial charge on any atom is -0.496 e. The molecule has 3 aromatic rings. The van der Waals surface area contributed by atoms with Gasteiger partial charge in [-0.3, -0.25) is 9.59 Å². The van der Waals surface area contributed by atoms with Crippen LogP contribution in [0.1, 0.15) is 55.0 Å². The van der Waals surface area contributed by atoms with Crippen LogP contribution < -0.4 is 20.7 Å². The maximum absolute atomic E-state index is 13.5. The van der Waals surface area contributed by atoms with Crippen molar-refractivity contribution in [3.63, 3.8) is 0 Å². The first-order chi connectivity index (χ1) is 19.2. The third-order valence-electron chi connectivity index (χ3n) is 5.48. The summed E-state index contributed by atoms with van der Waals surface area (Å²) in [5.74, 6) is -0.913. The highest BCUT2D eigenvalue weighted by Gasteiger charge is 2.36. The van der Waals surface area contributed by atoms with Gasteiger partial charge in [-0.05, 0) is 51.5 Å². The lowest BCUT2D eigenvalue weighted by molar-refractivity contribution is -0.141. The lowest BCUT2D eigenvalue weighted by Crippen LogP contribution is -2.46. The number of methoxy groups -OCH3 is 1. The number of amides is 3. The van der Waals surface area contributed by atoms with Gasteiger partial charge in [-0.15, -0.1) is 0 Å². The van der Waals surface area contributed by atoms with E-state index in [1.165, 1.54) is 32.4 Å². The fourth-order valence-corrected chi connectivity index (χ4v) is 3.55. The molecule has 0 radical (unpaired) electrons. The average Bonchev–Trinajstić information content (AvgIpc) is 3.36. The number of benzene rings is 1. The molecule has 0 aliphatic rings. The van der Waals surface area contributed by atoms with E-state index >= 15 is 0 Å². The van der Waals surface area contributed by atoms with Crippen molar-refractivity contribution in [1.29, 1.82) is 0 Å². The maximum Gasteiger partial charge on any atom is 0.435 e. The predicted octanol–water partition coefficient (Wildman–Crippen LogP) is 3.75. The molecule has 0 saturated carbocycles. The van der Waals surface area contributed by atoms with Crippen molar-refractivity contribution in [3.8, 4) is 11.6 Å². The largest absolute Gasteiger partial charge is 0.496 e. The summed E-state index contributed by atoms with van der Waals surface area (Å²) in [4.78, 5) is 41.4. The van der Waals surface area contributed by atoms with Gasteiger partial charge in [-0.1, -0.05) is 18.2 Å². The van der Waals surface area contributed by atoms with Gasteiger partial charge in [0.15, 0.2) is 11.5 Å². The van der Waals surface area contributed by atoms with Crippen LogP contribution in [-0.4, -0.2) is 51.4 Å². The summed E-state index contributed by atoms with van der Waals surface area (Å²) in [6.45, 7) is 6.47. The van der Waals surface area contributed by atoms with Gasteiger partial charge in [-0.2, -0.15) is 18.3 Å². The molecule has 0 aliphatic carbocycles. The summed E-state index contributed by atoms with van der Waals surface area (Å²) >= 11 is 0. The van der Waals surface area contributed by atoms with E-state index in [1.807, 2.05) is 0 Å². The number of ether oxygens (including phenoxy) is 2. The molecule has 0 unspecified atom stereocenters. The fourth-order valence-electron chi connectivity index (χ4n) is 3.55. The van der Waals surface area contributed by atoms with E-state index in [2.05, 4.69) is 26.0 Å². The molecule has 2 aromatic heterocycles. The van der Waals surface area contributed by atoms with Crippen molar-refractivity contribution in [3.05, 3.63) is 71.2 Å². The third kappa shape index (κ3) is 8.68. The summed E-state index contributed by atoms with van der Waals surface area (Å²) in [5.41, 5.74) is -1.33. The Kier molecular flexibility index (Phi) is 9.58. The molecule has 3 amide bonds. The number of alkyl halides is 3. The van der Waals surface area contributed by atoms with E-state index in [-0.39, 0.29) is 18.9 Å². The predicted molar refractivity (Wildman–Crippen MR) is 141 cm³/mol. The number of rotatable bonds is 9. The topological polar surface area (TPSA) is 136 Å². The van der Waals surface area contributed by atoms with Crippen LogP contribution in [0.2, 0.25) is 0 Å². The van der Waals surface area contributed by atoms with Crippen molar-refractivity contribution >= 4 is 17.9 Å². The molecule has 11 nitrogen and oxygen atoms in total. The van der Waals surface area contributed by atoms with Crippen molar-refractivity contribution in [2.24, 2.45) is 0 Å². The van der Waals surface area contributed by atoms with Crippen LogP contribution in [0.15, 0.2) is 48.7 Å². The minimum atomic E-state index is -4.81. The molecular formula is C27H31F3N6O5. The van der Waals surface area contributed by atoms with E-state index in [9.17, 15) is 27.6 Å². The quantitative estimate of drug-likeness (QED) is 0.353. The van der Waals surface area contributed by atoms with Crippen LogP contribution in [-0.2, 0) is 28.8 Å². The van der Waals surface area contributed by atoms with Gasteiger partial charge < -0.3 is 25.4 Å². The summed E-state index contributed by atoms with van der Waals surface area (Å²) in [6, 6.07) is 9.51. The average molecular weight is 577 g/mol. The van der Waals surface area contributed by atoms with Gasteiger partial charge >= 0.3 is 12.3 Å². The summed E-state index contributed by atoms with van der Waals surface area (Å²) in [7, 11) is 1.46. The molecule has 0 saturated heterocycles. The fraction of sp³-hybridized carbons (Fsp3) is 0.370. The molecule has 220 valence electrons. The minimum absolute atomic E-state index is 0.00953. The number of hydrogen-bond acceptors (Lipinski definition) is 7. The van der Waals surface area contributed by atoms with Crippen LogP contribution >= 0.6 is 0 Å². The first-order valence-electron chi connectivity index (χ1n) is 12.5. The molecule has 0 spiro atoms. The molecule has 3 N–H and O–H groups in total. The molecular weight excluding hydrogens is 545 g/mol. The number of aromatic nitrogens is 3. The number of para-hydroxylation sites is 1. The van der Waals surface area contributed by atoms with Gasteiger partial charge in [0.05, 0.1) is 7.11 Å². The van der Waals surface area contributed by atoms with Gasteiger partial charge in [-0.25, -0.2) is 14.5 Å². The normalized spacial score (nSPS) is 12.3. The number of nitrogens with one attached hydrogen (secondary N) is 3. The number of carbonyl (C=O) groups excluding carboxylic acids is 3. The van der Waals surface area contributed by atoms with Crippen molar-refractivity contribution in [1.82, 2.24) is 30.7 Å². The van der Waals surface area contributed by atoms with Crippen molar-refractivity contribution in [2.75, 3.05) is 7.11 Å². The zero-order valence-electron chi connectivity index (χ0n) is 23.1. The zero-order chi connectivity index (χ0) is 30.4. The van der Waals surface area contributed by atoms with Crippen molar-refractivity contribution < 1.29 is 37.0 Å². The molecule has 0 aliphatic heterocycles. The van der Waals surface area contributed by atoms with Gasteiger partial charge in [0.25, 0.3) is 5.91 Å². The summed E-state index contributed by atoms with van der Waals surface area (Å²) in [5, 5.41) is 11.2. The van der Waals surface area contributed by atoms with Crippen LogP contribution in [0.5, 0.6) is 5.75 Å². The van der Waals surface area contributed by atoms with Crippen LogP contribution in [0.4, 0.5) is 18.0 Å². The summed E-state index contributed by atoms with van der Waals surface area (Å²) in [6.07, 6.45) is -4.27. The second-order valence-corrected chi connectivity index (χ2v) is 9.93. The Hall–Kier alpha value is -4.62. The molecule has 0 bridgehead atoms. The zero-order valence-corrected chi connectivity index (χ0v) is 23.1. The van der Waals surface area contributed by atoms with Crippen LogP contribution in [0, 0.1) is 0 Å². The van der Waals surface area contributed by atoms with E-state index in [0.29, 0.717) is 22.9 Å². The van der Waals surface area contributed by atoms with E-state index in [1.54, 1.807) is 45.0 Å². The molecule has 41 heavy (non-hydrogen) atoms. The Bertz CT molecular complexity index is 1400. The number of nitrogens with zero attached hydrogens (tertiary/aromatic N) is 3. The molecule has 2 heterocycles. The first-order valence-corrected chi connectivity index (χ1v) is 12.5. The Labute approximate surface area is 234 Å². The number of halogens is 3. The lowest BCUT2D eigenvalue weighted by Gasteiger charge is -2.21.